The first-order valence-corrected chi connectivity index (χ1v) is 8.01. The van der Waals surface area contributed by atoms with Gasteiger partial charge in [-0.2, -0.15) is 0 Å². The quantitative estimate of drug-likeness (QED) is 0.674. The van der Waals surface area contributed by atoms with E-state index in [2.05, 4.69) is 4.72 Å². The van der Waals surface area contributed by atoms with Gasteiger partial charge < -0.3 is 10.5 Å². The van der Waals surface area contributed by atoms with Gasteiger partial charge in [-0.3, -0.25) is 0 Å². The fraction of sp³-hybridized carbons (Fsp3) is 0.538. The Morgan fingerprint density at radius 1 is 1.16 bits per heavy atom. The van der Waals surface area contributed by atoms with Gasteiger partial charge in [0.25, 0.3) is 0 Å². The molecule has 0 aliphatic heterocycles. The number of benzene rings is 1. The molecule has 0 saturated carbocycles. The summed E-state index contributed by atoms with van der Waals surface area (Å²) in [5.41, 5.74) is 5.38. The molecule has 0 amide bonds. The van der Waals surface area contributed by atoms with E-state index in [9.17, 15) is 8.42 Å². The number of ether oxygens (including phenoxy) is 1. The summed E-state index contributed by atoms with van der Waals surface area (Å²) in [6.07, 6.45) is 2.65. The highest BCUT2D eigenvalue weighted by atomic mass is 32.2. The van der Waals surface area contributed by atoms with E-state index in [4.69, 9.17) is 10.5 Å². The number of nitrogens with two attached hydrogens (primary N) is 1. The Hall–Kier alpha value is -1.11. The van der Waals surface area contributed by atoms with Crippen molar-refractivity contribution in [1.29, 1.82) is 0 Å². The van der Waals surface area contributed by atoms with Gasteiger partial charge in [0.15, 0.2) is 0 Å². The highest BCUT2D eigenvalue weighted by Gasteiger charge is 2.12. The molecule has 0 radical (unpaired) electrons. The second-order valence-corrected chi connectivity index (χ2v) is 5.92. The van der Waals surface area contributed by atoms with E-state index in [0.29, 0.717) is 25.4 Å². The van der Waals surface area contributed by atoms with Gasteiger partial charge in [-0.05, 0) is 50.6 Å². The van der Waals surface area contributed by atoms with Crippen LogP contribution in [0, 0.1) is 0 Å². The minimum Gasteiger partial charge on any atom is -0.494 e. The van der Waals surface area contributed by atoms with Gasteiger partial charge in [-0.15, -0.1) is 0 Å². The Kier molecular flexibility index (Phi) is 6.83. The van der Waals surface area contributed by atoms with E-state index in [1.807, 2.05) is 6.92 Å². The molecule has 0 unspecified atom stereocenters. The van der Waals surface area contributed by atoms with E-state index >= 15 is 0 Å². The van der Waals surface area contributed by atoms with Crippen molar-refractivity contribution in [2.45, 2.75) is 31.1 Å². The fourth-order valence-corrected chi connectivity index (χ4v) is 2.69. The lowest BCUT2D eigenvalue weighted by molar-refractivity contribution is 0.340. The maximum Gasteiger partial charge on any atom is 0.240 e. The second-order valence-electron chi connectivity index (χ2n) is 4.15. The average Bonchev–Trinajstić information content (AvgIpc) is 2.39. The maximum atomic E-state index is 12.0. The highest BCUT2D eigenvalue weighted by molar-refractivity contribution is 7.89. The van der Waals surface area contributed by atoms with Gasteiger partial charge in [0.05, 0.1) is 11.5 Å². The average molecular weight is 286 g/mol. The van der Waals surface area contributed by atoms with Crippen LogP contribution in [0.3, 0.4) is 0 Å². The Balaban J connectivity index is 2.52. The Bertz CT molecular complexity index is 457. The number of unbranched alkanes of at least 4 members (excludes halogenated alkanes) is 2. The topological polar surface area (TPSA) is 81.4 Å². The van der Waals surface area contributed by atoms with Gasteiger partial charge in [-0.1, -0.05) is 6.42 Å². The minimum atomic E-state index is -3.42. The van der Waals surface area contributed by atoms with Crippen LogP contribution in [0.15, 0.2) is 29.2 Å². The molecule has 0 bridgehead atoms. The van der Waals surface area contributed by atoms with Crippen molar-refractivity contribution in [3.8, 4) is 5.75 Å². The van der Waals surface area contributed by atoms with Crippen LogP contribution in [-0.2, 0) is 10.0 Å². The zero-order valence-electron chi connectivity index (χ0n) is 11.3. The van der Waals surface area contributed by atoms with Crippen LogP contribution in [0.2, 0.25) is 0 Å². The summed E-state index contributed by atoms with van der Waals surface area (Å²) in [5, 5.41) is 0. The maximum absolute atomic E-state index is 12.0. The third-order valence-electron chi connectivity index (χ3n) is 2.62. The summed E-state index contributed by atoms with van der Waals surface area (Å²) in [6, 6.07) is 6.42. The molecule has 1 rings (SSSR count). The fourth-order valence-electron chi connectivity index (χ4n) is 1.62. The lowest BCUT2D eigenvalue weighted by Gasteiger charge is -2.08. The van der Waals surface area contributed by atoms with Crippen molar-refractivity contribution in [1.82, 2.24) is 4.72 Å². The van der Waals surface area contributed by atoms with E-state index in [-0.39, 0.29) is 4.90 Å². The summed E-state index contributed by atoms with van der Waals surface area (Å²) >= 11 is 0. The molecule has 19 heavy (non-hydrogen) atoms. The molecule has 0 aromatic heterocycles. The first-order chi connectivity index (χ1) is 9.10. The van der Waals surface area contributed by atoms with Crippen molar-refractivity contribution in [2.75, 3.05) is 19.7 Å². The van der Waals surface area contributed by atoms with Crippen molar-refractivity contribution in [3.63, 3.8) is 0 Å². The molecule has 0 saturated heterocycles. The van der Waals surface area contributed by atoms with Crippen molar-refractivity contribution < 1.29 is 13.2 Å². The molecule has 0 heterocycles. The summed E-state index contributed by atoms with van der Waals surface area (Å²) < 4.78 is 31.8. The largest absolute Gasteiger partial charge is 0.494 e. The normalized spacial score (nSPS) is 11.5. The third-order valence-corrected chi connectivity index (χ3v) is 4.09. The van der Waals surface area contributed by atoms with E-state index in [1.54, 1.807) is 24.3 Å². The van der Waals surface area contributed by atoms with Gasteiger partial charge in [0.1, 0.15) is 5.75 Å². The zero-order chi connectivity index (χ0) is 14.1. The van der Waals surface area contributed by atoms with Crippen LogP contribution in [0.4, 0.5) is 0 Å². The molecule has 0 aliphatic rings. The van der Waals surface area contributed by atoms with Crippen molar-refractivity contribution in [2.24, 2.45) is 5.73 Å². The molecule has 0 atom stereocenters. The standard InChI is InChI=1S/C13H22N2O3S/c1-2-18-12-6-8-13(9-7-12)19(16,17)15-11-5-3-4-10-14/h6-9,15H,2-5,10-11,14H2,1H3. The number of hydrogen-bond acceptors (Lipinski definition) is 4. The number of hydrogen-bond donors (Lipinski definition) is 2. The molecule has 0 fully saturated rings. The van der Waals surface area contributed by atoms with Crippen molar-refractivity contribution in [3.05, 3.63) is 24.3 Å². The molecule has 108 valence electrons. The Labute approximate surface area is 115 Å². The van der Waals surface area contributed by atoms with Crippen LogP contribution >= 0.6 is 0 Å². The van der Waals surface area contributed by atoms with E-state index in [1.165, 1.54) is 0 Å². The molecule has 0 spiro atoms. The summed E-state index contributed by atoms with van der Waals surface area (Å²) in [6.45, 7) is 3.53. The summed E-state index contributed by atoms with van der Waals surface area (Å²) in [7, 11) is -3.42. The van der Waals surface area contributed by atoms with Gasteiger partial charge in [-0.25, -0.2) is 13.1 Å². The van der Waals surface area contributed by atoms with Crippen LogP contribution in [0.1, 0.15) is 26.2 Å². The molecule has 5 nitrogen and oxygen atoms in total. The SMILES string of the molecule is CCOc1ccc(S(=O)(=O)NCCCCCN)cc1. The second kappa shape index (κ2) is 8.14. The first-order valence-electron chi connectivity index (χ1n) is 6.52. The van der Waals surface area contributed by atoms with Crippen molar-refractivity contribution >= 4 is 10.0 Å². The predicted molar refractivity (Wildman–Crippen MR) is 75.7 cm³/mol. The predicted octanol–water partition coefficient (Wildman–Crippen LogP) is 1.49. The van der Waals surface area contributed by atoms with Crippen LogP contribution < -0.4 is 15.2 Å². The van der Waals surface area contributed by atoms with Gasteiger partial charge in [0, 0.05) is 6.54 Å². The molecule has 3 N–H and O–H groups in total. The number of rotatable bonds is 9. The molecule has 6 heteroatoms. The Morgan fingerprint density at radius 3 is 2.42 bits per heavy atom. The smallest absolute Gasteiger partial charge is 0.240 e. The molecule has 1 aromatic rings. The number of sulfonamides is 1. The van der Waals surface area contributed by atoms with E-state index < -0.39 is 10.0 Å². The molecular weight excluding hydrogens is 264 g/mol. The monoisotopic (exact) mass is 286 g/mol. The molecule has 1 aromatic carbocycles. The minimum absolute atomic E-state index is 0.259. The lowest BCUT2D eigenvalue weighted by Crippen LogP contribution is -2.24. The highest BCUT2D eigenvalue weighted by Crippen LogP contribution is 2.15. The van der Waals surface area contributed by atoms with Crippen LogP contribution in [-0.4, -0.2) is 28.1 Å². The van der Waals surface area contributed by atoms with Gasteiger partial charge >= 0.3 is 0 Å². The van der Waals surface area contributed by atoms with Crippen LogP contribution in [0.5, 0.6) is 5.75 Å². The first kappa shape index (κ1) is 15.9. The van der Waals surface area contributed by atoms with Gasteiger partial charge in [0.2, 0.25) is 10.0 Å². The lowest BCUT2D eigenvalue weighted by atomic mass is 10.2. The number of nitrogens with one attached hydrogen (secondary N) is 1. The Morgan fingerprint density at radius 2 is 1.84 bits per heavy atom. The third kappa shape index (κ3) is 5.59. The zero-order valence-corrected chi connectivity index (χ0v) is 12.1. The summed E-state index contributed by atoms with van der Waals surface area (Å²) in [5.74, 6) is 0.671. The summed E-state index contributed by atoms with van der Waals surface area (Å²) in [4.78, 5) is 0.259. The van der Waals surface area contributed by atoms with Crippen LogP contribution in [0.25, 0.3) is 0 Å². The van der Waals surface area contributed by atoms with E-state index in [0.717, 1.165) is 19.3 Å². The molecular formula is C13H22N2O3S. The molecule has 0 aliphatic carbocycles.